The summed E-state index contributed by atoms with van der Waals surface area (Å²) in [7, 11) is 0. The Balaban J connectivity index is 1.89. The summed E-state index contributed by atoms with van der Waals surface area (Å²) in [4.78, 5) is 14.0. The van der Waals surface area contributed by atoms with E-state index in [0.29, 0.717) is 0 Å². The summed E-state index contributed by atoms with van der Waals surface area (Å²) < 4.78 is 1.44. The van der Waals surface area contributed by atoms with Crippen molar-refractivity contribution in [2.75, 3.05) is 0 Å². The van der Waals surface area contributed by atoms with Crippen LogP contribution in [0.3, 0.4) is 0 Å². The molecule has 2 N–H and O–H groups in total. The fourth-order valence-corrected chi connectivity index (χ4v) is 3.83. The molecule has 0 unspecified atom stereocenters. The van der Waals surface area contributed by atoms with Crippen molar-refractivity contribution in [2.45, 2.75) is 25.9 Å². The molecule has 0 aromatic carbocycles. The van der Waals surface area contributed by atoms with Crippen LogP contribution >= 0.6 is 45.9 Å². The predicted molar refractivity (Wildman–Crippen MR) is 87.2 cm³/mol. The highest BCUT2D eigenvalue weighted by Crippen LogP contribution is 2.28. The van der Waals surface area contributed by atoms with Crippen molar-refractivity contribution in [1.29, 1.82) is 0 Å². The lowest BCUT2D eigenvalue weighted by molar-refractivity contribution is 0.235. The van der Waals surface area contributed by atoms with Crippen LogP contribution in [-0.4, -0.2) is 6.03 Å². The minimum atomic E-state index is -0.209. The maximum atomic E-state index is 11.9. The summed E-state index contributed by atoms with van der Waals surface area (Å²) in [6, 6.07) is 7.13. The van der Waals surface area contributed by atoms with Crippen LogP contribution in [0.1, 0.15) is 35.7 Å². The highest BCUT2D eigenvalue weighted by molar-refractivity contribution is 7.16. The number of urea groups is 1. The molecule has 2 aromatic rings. The lowest BCUT2D eigenvalue weighted by atomic mass is 10.2. The molecule has 0 spiro atoms. The Morgan fingerprint density at radius 1 is 0.950 bits per heavy atom. The van der Waals surface area contributed by atoms with Crippen LogP contribution in [0.2, 0.25) is 8.67 Å². The molecule has 2 aromatic heterocycles. The first-order valence-corrected chi connectivity index (χ1v) is 8.42. The van der Waals surface area contributed by atoms with E-state index < -0.39 is 0 Å². The van der Waals surface area contributed by atoms with Crippen LogP contribution in [0.15, 0.2) is 24.3 Å². The van der Waals surface area contributed by atoms with Crippen LogP contribution in [0, 0.1) is 0 Å². The molecule has 7 heteroatoms. The normalized spacial score (nSPS) is 13.8. The molecule has 2 rings (SSSR count). The lowest BCUT2D eigenvalue weighted by Crippen LogP contribution is -2.38. The molecule has 108 valence electrons. The zero-order chi connectivity index (χ0) is 14.7. The van der Waals surface area contributed by atoms with Gasteiger partial charge in [0.05, 0.1) is 20.8 Å². The SMILES string of the molecule is C[C@H](NC(=O)N[C@H](C)c1ccc(Cl)s1)c1ccc(Cl)s1. The van der Waals surface area contributed by atoms with Crippen molar-refractivity contribution < 1.29 is 4.79 Å². The van der Waals surface area contributed by atoms with Crippen molar-refractivity contribution in [3.05, 3.63) is 42.7 Å². The fourth-order valence-electron chi connectivity index (χ4n) is 1.70. The van der Waals surface area contributed by atoms with Gasteiger partial charge in [0.2, 0.25) is 0 Å². The van der Waals surface area contributed by atoms with Gasteiger partial charge in [0, 0.05) is 9.75 Å². The summed E-state index contributed by atoms with van der Waals surface area (Å²) in [5.74, 6) is 0. The van der Waals surface area contributed by atoms with Crippen LogP contribution in [0.4, 0.5) is 4.79 Å². The minimum Gasteiger partial charge on any atom is -0.331 e. The molecular weight excluding hydrogens is 335 g/mol. The number of carbonyl (C=O) groups is 1. The number of nitrogens with one attached hydrogen (secondary N) is 2. The van der Waals surface area contributed by atoms with Crippen molar-refractivity contribution in [3.8, 4) is 0 Å². The number of halogens is 2. The summed E-state index contributed by atoms with van der Waals surface area (Å²) in [5, 5.41) is 5.78. The monoisotopic (exact) mass is 348 g/mol. The van der Waals surface area contributed by atoms with Crippen molar-refractivity contribution >= 4 is 51.9 Å². The van der Waals surface area contributed by atoms with E-state index in [9.17, 15) is 4.79 Å². The Hall–Kier alpha value is -0.750. The quantitative estimate of drug-likeness (QED) is 0.779. The van der Waals surface area contributed by atoms with Gasteiger partial charge in [-0.25, -0.2) is 4.79 Å². The zero-order valence-corrected chi connectivity index (χ0v) is 14.1. The van der Waals surface area contributed by atoms with E-state index >= 15 is 0 Å². The van der Waals surface area contributed by atoms with Gasteiger partial charge in [-0.3, -0.25) is 0 Å². The minimum absolute atomic E-state index is 0.0772. The van der Waals surface area contributed by atoms with Gasteiger partial charge < -0.3 is 10.6 Å². The molecule has 0 bridgehead atoms. The van der Waals surface area contributed by atoms with Crippen molar-refractivity contribution in [2.24, 2.45) is 0 Å². The average Bonchev–Trinajstić information content (AvgIpc) is 2.97. The highest BCUT2D eigenvalue weighted by atomic mass is 35.5. The Bertz CT molecular complexity index is 546. The molecule has 3 nitrogen and oxygen atoms in total. The first kappa shape index (κ1) is 15.6. The second-order valence-corrected chi connectivity index (χ2v) is 7.84. The molecule has 0 aliphatic carbocycles. The van der Waals surface area contributed by atoms with Crippen molar-refractivity contribution in [3.63, 3.8) is 0 Å². The van der Waals surface area contributed by atoms with Gasteiger partial charge in [-0.2, -0.15) is 0 Å². The first-order chi connectivity index (χ1) is 9.45. The van der Waals surface area contributed by atoms with Gasteiger partial charge in [0.15, 0.2) is 0 Å². The van der Waals surface area contributed by atoms with E-state index in [1.165, 1.54) is 22.7 Å². The third-order valence-corrected chi connectivity index (χ3v) is 5.56. The maximum Gasteiger partial charge on any atom is 0.315 e. The first-order valence-electron chi connectivity index (χ1n) is 6.03. The molecule has 0 radical (unpaired) electrons. The number of rotatable bonds is 4. The molecule has 2 atom stereocenters. The molecule has 0 aliphatic rings. The van der Waals surface area contributed by atoms with Crippen LogP contribution in [0.5, 0.6) is 0 Å². The van der Waals surface area contributed by atoms with E-state index in [2.05, 4.69) is 10.6 Å². The van der Waals surface area contributed by atoms with E-state index in [0.717, 1.165) is 18.4 Å². The third kappa shape index (κ3) is 4.12. The molecule has 2 amide bonds. The molecule has 0 saturated heterocycles. The molecule has 20 heavy (non-hydrogen) atoms. The van der Waals surface area contributed by atoms with E-state index in [1.807, 2.05) is 38.1 Å². The maximum absolute atomic E-state index is 11.9. The smallest absolute Gasteiger partial charge is 0.315 e. The number of hydrogen-bond acceptors (Lipinski definition) is 3. The standard InChI is InChI=1S/C13H14Cl2N2OS2/c1-7(9-3-5-11(14)19-9)16-13(18)17-8(2)10-4-6-12(15)20-10/h3-8H,1-2H3,(H2,16,17,18)/t7-,8+. The lowest BCUT2D eigenvalue weighted by Gasteiger charge is -2.16. The largest absolute Gasteiger partial charge is 0.331 e. The molecule has 0 saturated carbocycles. The van der Waals surface area contributed by atoms with Crippen LogP contribution in [0.25, 0.3) is 0 Å². The zero-order valence-electron chi connectivity index (χ0n) is 10.9. The van der Waals surface area contributed by atoms with E-state index in [4.69, 9.17) is 23.2 Å². The second-order valence-electron chi connectivity index (χ2n) is 4.34. The number of hydrogen-bond donors (Lipinski definition) is 2. The van der Waals surface area contributed by atoms with Gasteiger partial charge in [-0.05, 0) is 38.1 Å². The number of carbonyl (C=O) groups excluding carboxylic acids is 1. The third-order valence-electron chi connectivity index (χ3n) is 2.74. The number of thiophene rings is 2. The number of amides is 2. The van der Waals surface area contributed by atoms with Gasteiger partial charge in [-0.15, -0.1) is 22.7 Å². The summed E-state index contributed by atoms with van der Waals surface area (Å²) >= 11 is 14.7. The van der Waals surface area contributed by atoms with Gasteiger partial charge in [0.25, 0.3) is 0 Å². The van der Waals surface area contributed by atoms with Crippen LogP contribution in [-0.2, 0) is 0 Å². The molecular formula is C13H14Cl2N2OS2. The topological polar surface area (TPSA) is 41.1 Å². The Morgan fingerprint density at radius 2 is 1.35 bits per heavy atom. The fraction of sp³-hybridized carbons (Fsp3) is 0.308. The van der Waals surface area contributed by atoms with Crippen LogP contribution < -0.4 is 10.6 Å². The van der Waals surface area contributed by atoms with Gasteiger partial charge in [-0.1, -0.05) is 23.2 Å². The summed E-state index contributed by atoms with van der Waals surface area (Å²) in [6.45, 7) is 3.85. The molecule has 0 fully saturated rings. The van der Waals surface area contributed by atoms with Gasteiger partial charge in [0.1, 0.15) is 0 Å². The van der Waals surface area contributed by atoms with E-state index in [1.54, 1.807) is 0 Å². The summed E-state index contributed by atoms with van der Waals surface area (Å²) in [5.41, 5.74) is 0. The highest BCUT2D eigenvalue weighted by Gasteiger charge is 2.15. The summed E-state index contributed by atoms with van der Waals surface area (Å²) in [6.07, 6.45) is 0. The predicted octanol–water partition coefficient (Wildman–Crippen LogP) is 5.24. The van der Waals surface area contributed by atoms with Gasteiger partial charge >= 0.3 is 6.03 Å². The van der Waals surface area contributed by atoms with Crippen molar-refractivity contribution in [1.82, 2.24) is 10.6 Å². The Kier molecular flexibility index (Phi) is 5.32. The Morgan fingerprint density at radius 3 is 1.65 bits per heavy atom. The average molecular weight is 349 g/mol. The second kappa shape index (κ2) is 6.80. The Labute approximate surface area is 135 Å². The van der Waals surface area contributed by atoms with E-state index in [-0.39, 0.29) is 18.1 Å². The molecule has 0 aliphatic heterocycles. The molecule has 2 heterocycles.